The number of allylic oxidation sites excluding steroid dienone is 2. The molecule has 3 aromatic rings. The Morgan fingerprint density at radius 2 is 1.89 bits per heavy atom. The number of fused-ring (bicyclic) bond motifs is 1. The van der Waals surface area contributed by atoms with E-state index in [9.17, 15) is 24.3 Å². The van der Waals surface area contributed by atoms with Crippen molar-refractivity contribution in [2.45, 2.75) is 33.7 Å². The van der Waals surface area contributed by atoms with Crippen molar-refractivity contribution < 1.29 is 14.3 Å². The van der Waals surface area contributed by atoms with E-state index in [-0.39, 0.29) is 55.9 Å². The van der Waals surface area contributed by atoms with E-state index < -0.39 is 22.1 Å². The molecule has 0 saturated carbocycles. The third kappa shape index (κ3) is 5.33. The molecule has 1 fully saturated rings. The van der Waals surface area contributed by atoms with Crippen molar-refractivity contribution in [3.8, 4) is 23.1 Å². The van der Waals surface area contributed by atoms with Crippen LogP contribution in [0.25, 0.3) is 28.0 Å². The van der Waals surface area contributed by atoms with Gasteiger partial charge in [0, 0.05) is 37.1 Å². The van der Waals surface area contributed by atoms with Gasteiger partial charge in [0.2, 0.25) is 5.91 Å². The van der Waals surface area contributed by atoms with Crippen molar-refractivity contribution >= 4 is 63.1 Å². The van der Waals surface area contributed by atoms with Gasteiger partial charge in [0.25, 0.3) is 5.56 Å². The number of anilines is 1. The number of hydrogen-bond acceptors (Lipinski definition) is 7. The predicted molar refractivity (Wildman–Crippen MR) is 176 cm³/mol. The topological polar surface area (TPSA) is 114 Å². The summed E-state index contributed by atoms with van der Waals surface area (Å²) in [5.74, 6) is -1.78. The van der Waals surface area contributed by atoms with Crippen LogP contribution >= 0.6 is 34.8 Å². The molecule has 0 bridgehead atoms. The lowest BCUT2D eigenvalue weighted by Gasteiger charge is -2.37. The minimum Gasteiger partial charge on any atom is -0.506 e. The smallest absolute Gasteiger partial charge is 0.276 e. The van der Waals surface area contributed by atoms with Crippen LogP contribution in [0.15, 0.2) is 41.4 Å². The highest BCUT2D eigenvalue weighted by molar-refractivity contribution is 6.38. The van der Waals surface area contributed by atoms with Crippen molar-refractivity contribution in [2.75, 3.05) is 31.1 Å². The Hall–Kier alpha value is -4.04. The normalized spacial score (nSPS) is 16.8. The Morgan fingerprint density at radius 3 is 2.49 bits per heavy atom. The van der Waals surface area contributed by atoms with Gasteiger partial charge in [-0.25, -0.2) is 9.37 Å². The number of aromatic nitrogens is 2. The Bertz CT molecular complexity index is 1910. The molecule has 45 heavy (non-hydrogen) atoms. The number of rotatable bonds is 5. The van der Waals surface area contributed by atoms with Crippen molar-refractivity contribution in [3.63, 3.8) is 0 Å². The summed E-state index contributed by atoms with van der Waals surface area (Å²) in [6, 6.07) is 3.37. The largest absolute Gasteiger partial charge is 0.506 e. The summed E-state index contributed by atoms with van der Waals surface area (Å²) in [5, 5.41) is 24.3. The van der Waals surface area contributed by atoms with Gasteiger partial charge < -0.3 is 20.2 Å². The number of carbonyl (C=O) groups is 1. The van der Waals surface area contributed by atoms with Crippen molar-refractivity contribution in [1.82, 2.24) is 19.8 Å². The van der Waals surface area contributed by atoms with Crippen LogP contribution in [0.1, 0.15) is 31.9 Å². The number of carbonyl (C=O) groups excluding carboxylic acids is 1. The molecule has 1 unspecified atom stereocenters. The second kappa shape index (κ2) is 12.4. The molecular formula is C32H30Cl3FN6O3. The third-order valence-electron chi connectivity index (χ3n) is 8.26. The summed E-state index contributed by atoms with van der Waals surface area (Å²) in [6.07, 6.45) is 4.88. The van der Waals surface area contributed by atoms with Crippen molar-refractivity contribution in [1.29, 1.82) is 5.26 Å². The molecule has 4 heterocycles. The molecule has 1 saturated heterocycles. The highest BCUT2D eigenvalue weighted by Crippen LogP contribution is 2.46. The van der Waals surface area contributed by atoms with E-state index in [4.69, 9.17) is 39.8 Å². The number of nitrogens with one attached hydrogen (secondary N) is 1. The maximum atomic E-state index is 14.7. The average molecular weight is 672 g/mol. The number of pyridine rings is 2. The first-order valence-electron chi connectivity index (χ1n) is 14.2. The van der Waals surface area contributed by atoms with E-state index in [1.54, 1.807) is 17.2 Å². The van der Waals surface area contributed by atoms with Gasteiger partial charge in [-0.2, -0.15) is 5.26 Å². The predicted octanol–water partition coefficient (Wildman–Crippen LogP) is 6.26. The molecule has 0 spiro atoms. The minimum atomic E-state index is -0.985. The molecule has 9 nitrogen and oxygen atoms in total. The number of hydrogen-bond donors (Lipinski definition) is 2. The minimum absolute atomic E-state index is 0.00698. The standard InChI is InChI=1S/C32H30Cl3FN6O3/c1-6-21(43)40-9-11-41(12-10-40)29-18-13-20(33)27(22-17(5)23(34)25(36)24(35)30(22)44)39-31(18)42(32(45)19(29)14-37)28-16(4)7-8-38-26(28)15(2)3/h6-8,13,15,26,38,44H,1,9-12H2,2-5H3. The van der Waals surface area contributed by atoms with Crippen LogP contribution in [0, 0.1) is 30.0 Å². The van der Waals surface area contributed by atoms with E-state index >= 15 is 0 Å². The van der Waals surface area contributed by atoms with Gasteiger partial charge in [-0.15, -0.1) is 0 Å². The van der Waals surface area contributed by atoms with Crippen LogP contribution in [-0.2, 0) is 4.79 Å². The zero-order valence-electron chi connectivity index (χ0n) is 25.0. The molecule has 2 N–H and O–H groups in total. The molecule has 2 aliphatic heterocycles. The van der Waals surface area contributed by atoms with Crippen LogP contribution in [0.4, 0.5) is 10.1 Å². The Balaban J connectivity index is 1.90. The van der Waals surface area contributed by atoms with Crippen LogP contribution in [0.3, 0.4) is 0 Å². The average Bonchev–Trinajstić information content (AvgIpc) is 3.02. The lowest BCUT2D eigenvalue weighted by atomic mass is 9.94. The second-order valence-electron chi connectivity index (χ2n) is 11.3. The number of nitriles is 1. The maximum Gasteiger partial charge on any atom is 0.276 e. The van der Waals surface area contributed by atoms with Gasteiger partial charge in [-0.05, 0) is 55.3 Å². The summed E-state index contributed by atoms with van der Waals surface area (Å²) < 4.78 is 16.1. The molecule has 5 rings (SSSR count). The third-order valence-corrected chi connectivity index (χ3v) is 9.34. The first-order valence-corrected chi connectivity index (χ1v) is 15.3. The molecule has 0 aliphatic carbocycles. The zero-order chi connectivity index (χ0) is 32.9. The van der Waals surface area contributed by atoms with E-state index in [1.165, 1.54) is 17.6 Å². The lowest BCUT2D eigenvalue weighted by Crippen LogP contribution is -2.49. The van der Waals surface area contributed by atoms with Gasteiger partial charge in [-0.1, -0.05) is 55.2 Å². The quantitative estimate of drug-likeness (QED) is 0.243. The molecule has 2 aliphatic rings. The molecule has 1 aromatic carbocycles. The van der Waals surface area contributed by atoms with E-state index in [2.05, 4.69) is 18.0 Å². The summed E-state index contributed by atoms with van der Waals surface area (Å²) in [6.45, 7) is 12.3. The van der Waals surface area contributed by atoms with Crippen molar-refractivity contribution in [2.24, 2.45) is 5.92 Å². The Labute approximate surface area is 274 Å². The number of piperazine rings is 1. The monoisotopic (exact) mass is 670 g/mol. The van der Waals surface area contributed by atoms with Gasteiger partial charge in [-0.3, -0.25) is 14.2 Å². The molecule has 0 radical (unpaired) electrons. The van der Waals surface area contributed by atoms with Gasteiger partial charge in [0.1, 0.15) is 28.1 Å². The van der Waals surface area contributed by atoms with Gasteiger partial charge in [0.05, 0.1) is 33.2 Å². The van der Waals surface area contributed by atoms with Gasteiger partial charge in [0.15, 0.2) is 5.82 Å². The number of dihydropyridines is 1. The van der Waals surface area contributed by atoms with Gasteiger partial charge >= 0.3 is 0 Å². The first kappa shape index (κ1) is 32.4. The number of aromatic hydroxyl groups is 1. The van der Waals surface area contributed by atoms with Crippen LogP contribution in [0.2, 0.25) is 15.1 Å². The summed E-state index contributed by atoms with van der Waals surface area (Å²) in [7, 11) is 0. The molecule has 1 atom stereocenters. The zero-order valence-corrected chi connectivity index (χ0v) is 27.3. The summed E-state index contributed by atoms with van der Waals surface area (Å²) >= 11 is 19.2. The second-order valence-corrected chi connectivity index (χ2v) is 12.4. The Morgan fingerprint density at radius 1 is 1.22 bits per heavy atom. The highest BCUT2D eigenvalue weighted by Gasteiger charge is 2.32. The van der Waals surface area contributed by atoms with Crippen molar-refractivity contribution in [3.05, 3.63) is 78.9 Å². The number of phenolic OH excluding ortho intramolecular Hbond substituents is 1. The van der Waals surface area contributed by atoms with E-state index in [1.807, 2.05) is 31.7 Å². The number of benzene rings is 1. The fourth-order valence-electron chi connectivity index (χ4n) is 5.94. The molecule has 13 heteroatoms. The fourth-order valence-corrected chi connectivity index (χ4v) is 6.61. The maximum absolute atomic E-state index is 14.7. The number of halogens is 4. The fraction of sp³-hybridized carbons (Fsp3) is 0.312. The Kier molecular flexibility index (Phi) is 8.91. The first-order chi connectivity index (χ1) is 21.3. The highest BCUT2D eigenvalue weighted by atomic mass is 35.5. The van der Waals surface area contributed by atoms with Crippen LogP contribution < -0.4 is 15.8 Å². The number of phenols is 1. The van der Waals surface area contributed by atoms with E-state index in [0.29, 0.717) is 42.9 Å². The number of amides is 1. The van der Waals surface area contributed by atoms with Crippen LogP contribution in [-0.4, -0.2) is 57.7 Å². The number of nitrogens with zero attached hydrogens (tertiary/aromatic N) is 5. The summed E-state index contributed by atoms with van der Waals surface area (Å²) in [5.41, 5.74) is 1.31. The van der Waals surface area contributed by atoms with E-state index in [0.717, 1.165) is 5.57 Å². The SMILES string of the molecule is C=CC(=O)N1CCN(c2c(C#N)c(=O)n(C3=C(C)C=CNC3C(C)C)c3nc(-c4c(C)c(Cl)c(F)c(Cl)c4O)c(Cl)cc23)CC1. The molecule has 1 amide bonds. The molecule has 234 valence electrons. The molecule has 2 aromatic heterocycles. The van der Waals surface area contributed by atoms with Crippen LogP contribution in [0.5, 0.6) is 5.75 Å². The molecular weight excluding hydrogens is 642 g/mol. The lowest BCUT2D eigenvalue weighted by molar-refractivity contribution is -0.126. The summed E-state index contributed by atoms with van der Waals surface area (Å²) in [4.78, 5) is 35.1.